The lowest BCUT2D eigenvalue weighted by atomic mass is 10.1. The molecule has 0 saturated heterocycles. The zero-order chi connectivity index (χ0) is 10.8. The van der Waals surface area contributed by atoms with Gasteiger partial charge in [0.1, 0.15) is 0 Å². The monoisotopic (exact) mass is 261 g/mol. The zero-order valence-corrected chi connectivity index (χ0v) is 9.69. The molecule has 74 valence electrons. The fourth-order valence-electron chi connectivity index (χ4n) is 1.49. The third-order valence-corrected chi connectivity index (χ3v) is 2.75. The lowest BCUT2D eigenvalue weighted by molar-refractivity contribution is 0.776. The number of aryl methyl sites for hydroxylation is 1. The minimum atomic E-state index is 0.641. The molecule has 2 aromatic rings. The van der Waals surface area contributed by atoms with Crippen molar-refractivity contribution in [2.24, 2.45) is 7.05 Å². The van der Waals surface area contributed by atoms with Gasteiger partial charge < -0.3 is 0 Å². The third kappa shape index (κ3) is 1.66. The van der Waals surface area contributed by atoms with E-state index in [0.717, 1.165) is 15.7 Å². The van der Waals surface area contributed by atoms with Gasteiger partial charge in [-0.1, -0.05) is 24.3 Å². The Morgan fingerprint density at radius 1 is 1.40 bits per heavy atom. The van der Waals surface area contributed by atoms with Gasteiger partial charge in [-0.05, 0) is 15.9 Å². The summed E-state index contributed by atoms with van der Waals surface area (Å²) in [6.45, 7) is 7.11. The molecule has 15 heavy (non-hydrogen) atoms. The van der Waals surface area contributed by atoms with Gasteiger partial charge in [0, 0.05) is 12.6 Å². The van der Waals surface area contributed by atoms with Crippen molar-refractivity contribution in [1.82, 2.24) is 9.78 Å². The molecule has 0 amide bonds. The molecule has 0 unspecified atom stereocenters. The molecule has 0 atom stereocenters. The topological polar surface area (TPSA) is 22.2 Å². The summed E-state index contributed by atoms with van der Waals surface area (Å²) in [6.07, 6.45) is 1.73. The second kappa shape index (κ2) is 3.87. The average molecular weight is 262 g/mol. The zero-order valence-electron chi connectivity index (χ0n) is 8.11. The van der Waals surface area contributed by atoms with Crippen LogP contribution >= 0.6 is 15.9 Å². The highest BCUT2D eigenvalue weighted by molar-refractivity contribution is 9.10. The van der Waals surface area contributed by atoms with E-state index in [4.69, 9.17) is 6.57 Å². The van der Waals surface area contributed by atoms with Crippen LogP contribution in [0.3, 0.4) is 0 Å². The van der Waals surface area contributed by atoms with Crippen LogP contribution in [-0.2, 0) is 7.05 Å². The standard InChI is InChI=1S/C11H8BrN3/c1-13-10-6-4-3-5-8(10)11-9(12)7-14-15(11)2/h3-7H,2H3. The van der Waals surface area contributed by atoms with Crippen LogP contribution in [0.2, 0.25) is 0 Å². The Kier molecular flexibility index (Phi) is 2.57. The molecule has 1 heterocycles. The Hall–Kier alpha value is -1.60. The van der Waals surface area contributed by atoms with Crippen molar-refractivity contribution in [2.75, 3.05) is 0 Å². The molecule has 0 radical (unpaired) electrons. The molecule has 0 aliphatic rings. The van der Waals surface area contributed by atoms with Crippen LogP contribution in [0.1, 0.15) is 0 Å². The Morgan fingerprint density at radius 3 is 2.73 bits per heavy atom. The number of nitrogens with zero attached hydrogens (tertiary/aromatic N) is 3. The van der Waals surface area contributed by atoms with E-state index < -0.39 is 0 Å². The molecule has 4 heteroatoms. The molecule has 1 aromatic carbocycles. The first kappa shape index (κ1) is 9.94. The van der Waals surface area contributed by atoms with E-state index in [1.807, 2.05) is 31.3 Å². The Morgan fingerprint density at radius 2 is 2.13 bits per heavy atom. The fourth-order valence-corrected chi connectivity index (χ4v) is 2.05. The SMILES string of the molecule is [C-]#[N+]c1ccccc1-c1c(Br)cnn1C. The first-order chi connectivity index (χ1) is 7.24. The van der Waals surface area contributed by atoms with E-state index >= 15 is 0 Å². The van der Waals surface area contributed by atoms with Crippen molar-refractivity contribution >= 4 is 21.6 Å². The van der Waals surface area contributed by atoms with Crippen molar-refractivity contribution in [2.45, 2.75) is 0 Å². The van der Waals surface area contributed by atoms with Crippen molar-refractivity contribution in [3.05, 3.63) is 46.4 Å². The highest BCUT2D eigenvalue weighted by atomic mass is 79.9. The summed E-state index contributed by atoms with van der Waals surface area (Å²) in [7, 11) is 1.86. The quantitative estimate of drug-likeness (QED) is 0.722. The second-order valence-electron chi connectivity index (χ2n) is 3.09. The Bertz CT molecular complexity index is 518. The molecule has 3 nitrogen and oxygen atoms in total. The highest BCUT2D eigenvalue weighted by Gasteiger charge is 2.11. The predicted molar refractivity (Wildman–Crippen MR) is 62.6 cm³/mol. The number of aromatic nitrogens is 2. The minimum absolute atomic E-state index is 0.641. The number of para-hydroxylation sites is 1. The van der Waals surface area contributed by atoms with Crippen molar-refractivity contribution in [1.29, 1.82) is 0 Å². The normalized spacial score (nSPS) is 9.93. The van der Waals surface area contributed by atoms with E-state index in [1.165, 1.54) is 0 Å². The van der Waals surface area contributed by atoms with Gasteiger partial charge in [0.05, 0.1) is 22.9 Å². The summed E-state index contributed by atoms with van der Waals surface area (Å²) < 4.78 is 2.66. The summed E-state index contributed by atoms with van der Waals surface area (Å²) in [5.41, 5.74) is 2.47. The summed E-state index contributed by atoms with van der Waals surface area (Å²) in [4.78, 5) is 3.50. The molecule has 1 aromatic heterocycles. The number of benzene rings is 1. The summed E-state index contributed by atoms with van der Waals surface area (Å²) in [5.74, 6) is 0. The van der Waals surface area contributed by atoms with Gasteiger partial charge in [0.2, 0.25) is 0 Å². The Labute approximate surface area is 96.3 Å². The fraction of sp³-hybridized carbons (Fsp3) is 0.0909. The Balaban J connectivity index is 2.70. The van der Waals surface area contributed by atoms with Crippen LogP contribution in [0.25, 0.3) is 16.1 Å². The maximum absolute atomic E-state index is 7.11. The molecular weight excluding hydrogens is 254 g/mol. The van der Waals surface area contributed by atoms with Crippen LogP contribution in [0.5, 0.6) is 0 Å². The molecule has 0 aliphatic carbocycles. The van der Waals surface area contributed by atoms with Gasteiger partial charge >= 0.3 is 0 Å². The van der Waals surface area contributed by atoms with Crippen LogP contribution in [0, 0.1) is 6.57 Å². The minimum Gasteiger partial charge on any atom is -0.268 e. The van der Waals surface area contributed by atoms with Crippen molar-refractivity contribution in [3.8, 4) is 11.3 Å². The van der Waals surface area contributed by atoms with Crippen LogP contribution in [0.15, 0.2) is 34.9 Å². The molecule has 0 spiro atoms. The van der Waals surface area contributed by atoms with Gasteiger partial charge in [0.15, 0.2) is 5.69 Å². The van der Waals surface area contributed by atoms with Crippen molar-refractivity contribution in [3.63, 3.8) is 0 Å². The molecule has 0 bridgehead atoms. The molecule has 0 aliphatic heterocycles. The van der Waals surface area contributed by atoms with E-state index in [9.17, 15) is 0 Å². The lowest BCUT2D eigenvalue weighted by Crippen LogP contribution is -1.93. The second-order valence-corrected chi connectivity index (χ2v) is 3.95. The molecule has 2 rings (SSSR count). The summed E-state index contributed by atoms with van der Waals surface area (Å²) in [6, 6.07) is 7.52. The number of halogens is 1. The van der Waals surface area contributed by atoms with E-state index in [2.05, 4.69) is 25.9 Å². The molecule has 0 fully saturated rings. The van der Waals surface area contributed by atoms with E-state index in [1.54, 1.807) is 10.9 Å². The van der Waals surface area contributed by atoms with Gasteiger partial charge in [-0.25, -0.2) is 4.85 Å². The smallest absolute Gasteiger partial charge is 0.196 e. The molecule has 0 saturated carbocycles. The van der Waals surface area contributed by atoms with Crippen molar-refractivity contribution < 1.29 is 0 Å². The number of hydrogen-bond acceptors (Lipinski definition) is 1. The van der Waals surface area contributed by atoms with Crippen LogP contribution < -0.4 is 0 Å². The third-order valence-electron chi connectivity index (χ3n) is 2.17. The van der Waals surface area contributed by atoms with Crippen LogP contribution in [-0.4, -0.2) is 9.78 Å². The van der Waals surface area contributed by atoms with E-state index in [0.29, 0.717) is 5.69 Å². The first-order valence-corrected chi connectivity index (χ1v) is 5.17. The lowest BCUT2D eigenvalue weighted by Gasteiger charge is -2.05. The van der Waals surface area contributed by atoms with Gasteiger partial charge in [-0.2, -0.15) is 5.10 Å². The molecule has 0 N–H and O–H groups in total. The van der Waals surface area contributed by atoms with E-state index in [-0.39, 0.29) is 0 Å². The predicted octanol–water partition coefficient (Wildman–Crippen LogP) is 3.40. The number of hydrogen-bond donors (Lipinski definition) is 0. The maximum atomic E-state index is 7.11. The van der Waals surface area contributed by atoms with Gasteiger partial charge in [0.25, 0.3) is 0 Å². The average Bonchev–Trinajstić information content (AvgIpc) is 2.59. The first-order valence-electron chi connectivity index (χ1n) is 4.38. The summed E-state index contributed by atoms with van der Waals surface area (Å²) in [5, 5.41) is 4.13. The van der Waals surface area contributed by atoms with Gasteiger partial charge in [-0.15, -0.1) is 0 Å². The van der Waals surface area contributed by atoms with Gasteiger partial charge in [-0.3, -0.25) is 4.68 Å². The van der Waals surface area contributed by atoms with Crippen LogP contribution in [0.4, 0.5) is 5.69 Å². The number of rotatable bonds is 1. The largest absolute Gasteiger partial charge is 0.268 e. The maximum Gasteiger partial charge on any atom is 0.196 e. The highest BCUT2D eigenvalue weighted by Crippen LogP contribution is 2.34. The summed E-state index contributed by atoms with van der Waals surface area (Å²) >= 11 is 3.43. The molecular formula is C11H8BrN3.